The van der Waals surface area contributed by atoms with Gasteiger partial charge in [-0.1, -0.05) is 37.4 Å². The second kappa shape index (κ2) is 13.0. The van der Waals surface area contributed by atoms with Crippen LogP contribution in [0, 0.1) is 0 Å². The number of hydrogen-bond donors (Lipinski definition) is 1. The first-order valence-corrected chi connectivity index (χ1v) is 11.1. The number of rotatable bonds is 12. The van der Waals surface area contributed by atoms with E-state index in [9.17, 15) is 27.6 Å². The minimum Gasteiger partial charge on any atom is -0.494 e. The van der Waals surface area contributed by atoms with Crippen molar-refractivity contribution in [2.75, 3.05) is 18.5 Å². The smallest absolute Gasteiger partial charge is 0.418 e. The molecule has 34 heavy (non-hydrogen) atoms. The molecular weight excluding hydrogens is 475 g/mol. The maximum atomic E-state index is 13.1. The van der Waals surface area contributed by atoms with Crippen LogP contribution in [0.4, 0.5) is 18.9 Å². The van der Waals surface area contributed by atoms with Crippen LogP contribution in [0.1, 0.15) is 54.9 Å². The second-order valence-corrected chi connectivity index (χ2v) is 7.78. The Hall–Kier alpha value is -3.07. The van der Waals surface area contributed by atoms with Gasteiger partial charge >= 0.3 is 12.1 Å². The Kier molecular flexibility index (Phi) is 10.4. The predicted molar refractivity (Wildman–Crippen MR) is 121 cm³/mol. The molecule has 0 aliphatic heterocycles. The van der Waals surface area contributed by atoms with Gasteiger partial charge in [0, 0.05) is 12.0 Å². The lowest BCUT2D eigenvalue weighted by molar-refractivity contribution is -0.147. The van der Waals surface area contributed by atoms with E-state index in [0.717, 1.165) is 31.4 Å². The molecule has 0 heterocycles. The van der Waals surface area contributed by atoms with Crippen LogP contribution in [0.15, 0.2) is 42.5 Å². The average molecular weight is 500 g/mol. The summed E-state index contributed by atoms with van der Waals surface area (Å²) in [7, 11) is 0. The van der Waals surface area contributed by atoms with E-state index in [1.165, 1.54) is 6.07 Å². The van der Waals surface area contributed by atoms with Gasteiger partial charge in [0.25, 0.3) is 5.91 Å². The SMILES string of the molecule is CCCCCOc1ccc(C(=O)CCC(=O)OCC(=O)Nc2c(Cl)cccc2C(F)(F)F)cc1. The second-order valence-electron chi connectivity index (χ2n) is 7.37. The number of benzene rings is 2. The van der Waals surface area contributed by atoms with Crippen molar-refractivity contribution in [2.24, 2.45) is 0 Å². The number of unbranched alkanes of at least 4 members (excludes halogenated alkanes) is 2. The zero-order valence-corrected chi connectivity index (χ0v) is 19.3. The Morgan fingerprint density at radius 2 is 1.71 bits per heavy atom. The lowest BCUT2D eigenvalue weighted by Gasteiger charge is -2.15. The van der Waals surface area contributed by atoms with Crippen LogP contribution in [0.5, 0.6) is 5.75 Å². The van der Waals surface area contributed by atoms with E-state index >= 15 is 0 Å². The number of alkyl halides is 3. The van der Waals surface area contributed by atoms with E-state index in [-0.39, 0.29) is 23.6 Å². The largest absolute Gasteiger partial charge is 0.494 e. The fourth-order valence-corrected chi connectivity index (χ4v) is 3.14. The molecule has 0 radical (unpaired) electrons. The number of hydrogen-bond acceptors (Lipinski definition) is 5. The molecule has 0 aromatic heterocycles. The third-order valence-electron chi connectivity index (χ3n) is 4.70. The summed E-state index contributed by atoms with van der Waals surface area (Å²) in [6.45, 7) is 1.87. The molecule has 0 atom stereocenters. The van der Waals surface area contributed by atoms with Gasteiger partial charge in [0.1, 0.15) is 5.75 Å². The minimum absolute atomic E-state index is 0.153. The maximum absolute atomic E-state index is 13.1. The minimum atomic E-state index is -4.73. The van der Waals surface area contributed by atoms with Crippen LogP contribution in [-0.2, 0) is 20.5 Å². The van der Waals surface area contributed by atoms with Gasteiger partial charge in [-0.25, -0.2) is 0 Å². The summed E-state index contributed by atoms with van der Waals surface area (Å²) >= 11 is 5.76. The molecule has 6 nitrogen and oxygen atoms in total. The number of nitrogens with one attached hydrogen (secondary N) is 1. The van der Waals surface area contributed by atoms with E-state index in [0.29, 0.717) is 17.9 Å². The van der Waals surface area contributed by atoms with E-state index in [1.807, 2.05) is 5.32 Å². The fourth-order valence-electron chi connectivity index (χ4n) is 2.92. The van der Waals surface area contributed by atoms with Gasteiger partial charge < -0.3 is 14.8 Å². The third-order valence-corrected chi connectivity index (χ3v) is 5.01. The van der Waals surface area contributed by atoms with Gasteiger partial charge in [0.05, 0.1) is 29.3 Å². The molecule has 0 aliphatic rings. The van der Waals surface area contributed by atoms with Crippen molar-refractivity contribution < 1.29 is 37.0 Å². The van der Waals surface area contributed by atoms with E-state index < -0.39 is 35.9 Å². The molecule has 2 rings (SSSR count). The molecule has 0 unspecified atom stereocenters. The number of anilines is 1. The molecule has 184 valence electrons. The number of para-hydroxylation sites is 1. The highest BCUT2D eigenvalue weighted by Crippen LogP contribution is 2.38. The number of Topliss-reactive ketones (excluding diaryl/α,β-unsaturated/α-hetero) is 1. The Bertz CT molecular complexity index is 993. The van der Waals surface area contributed by atoms with Gasteiger partial charge in [-0.05, 0) is 42.8 Å². The standard InChI is InChI=1S/C24H25ClF3NO5/c1-2-3-4-14-33-17-10-8-16(9-11-17)20(30)12-13-22(32)34-15-21(31)29-23-18(24(26,27)28)6-5-7-19(23)25/h5-11H,2-4,12-15H2,1H3,(H,29,31). The van der Waals surface area contributed by atoms with E-state index in [2.05, 4.69) is 6.92 Å². The molecule has 1 N–H and O–H groups in total. The lowest BCUT2D eigenvalue weighted by atomic mass is 10.1. The number of halogens is 4. The van der Waals surface area contributed by atoms with E-state index in [4.69, 9.17) is 21.1 Å². The quantitative estimate of drug-likeness (QED) is 0.218. The molecule has 0 aliphatic carbocycles. The summed E-state index contributed by atoms with van der Waals surface area (Å²) in [6.07, 6.45) is -2.07. The van der Waals surface area contributed by atoms with Gasteiger partial charge in [-0.2, -0.15) is 13.2 Å². The molecule has 0 bridgehead atoms. The van der Waals surface area contributed by atoms with E-state index in [1.54, 1.807) is 24.3 Å². The zero-order chi connectivity index (χ0) is 25.1. The molecule has 2 aromatic carbocycles. The maximum Gasteiger partial charge on any atom is 0.418 e. The number of ether oxygens (including phenoxy) is 2. The van der Waals surface area contributed by atoms with Gasteiger partial charge in [0.2, 0.25) is 0 Å². The Labute approximate surface area is 200 Å². The van der Waals surface area contributed by atoms with Crippen molar-refractivity contribution >= 4 is 34.9 Å². The lowest BCUT2D eigenvalue weighted by Crippen LogP contribution is -2.23. The summed E-state index contributed by atoms with van der Waals surface area (Å²) in [5.41, 5.74) is -1.35. The summed E-state index contributed by atoms with van der Waals surface area (Å²) in [4.78, 5) is 36.1. The molecular formula is C24H25ClF3NO5. The fraction of sp³-hybridized carbons (Fsp3) is 0.375. The van der Waals surface area contributed by atoms with Crippen molar-refractivity contribution in [1.82, 2.24) is 0 Å². The van der Waals surface area contributed by atoms with Crippen molar-refractivity contribution in [3.8, 4) is 5.75 Å². The molecule has 0 saturated carbocycles. The highest BCUT2D eigenvalue weighted by molar-refractivity contribution is 6.34. The van der Waals surface area contributed by atoms with Crippen LogP contribution in [0.2, 0.25) is 5.02 Å². The number of amides is 1. The molecule has 0 saturated heterocycles. The summed E-state index contributed by atoms with van der Waals surface area (Å²) in [5, 5.41) is 1.70. The highest BCUT2D eigenvalue weighted by atomic mass is 35.5. The molecule has 10 heteroatoms. The number of carbonyl (C=O) groups is 3. The summed E-state index contributed by atoms with van der Waals surface area (Å²) in [6, 6.07) is 9.60. The predicted octanol–water partition coefficient (Wildman–Crippen LogP) is 6.07. The number of esters is 1. The van der Waals surface area contributed by atoms with Gasteiger partial charge in [-0.15, -0.1) is 0 Å². The number of ketones is 1. The molecule has 1 amide bonds. The zero-order valence-electron chi connectivity index (χ0n) is 18.5. The van der Waals surface area contributed by atoms with Crippen molar-refractivity contribution in [1.29, 1.82) is 0 Å². The topological polar surface area (TPSA) is 81.7 Å². The average Bonchev–Trinajstić information content (AvgIpc) is 2.80. The Balaban J connectivity index is 1.78. The monoisotopic (exact) mass is 499 g/mol. The van der Waals surface area contributed by atoms with Gasteiger partial charge in [-0.3, -0.25) is 14.4 Å². The van der Waals surface area contributed by atoms with Crippen molar-refractivity contribution in [3.63, 3.8) is 0 Å². The first kappa shape index (κ1) is 27.2. The van der Waals surface area contributed by atoms with Crippen LogP contribution < -0.4 is 10.1 Å². The highest BCUT2D eigenvalue weighted by Gasteiger charge is 2.34. The molecule has 2 aromatic rings. The third kappa shape index (κ3) is 8.70. The van der Waals surface area contributed by atoms with Crippen LogP contribution >= 0.6 is 11.6 Å². The van der Waals surface area contributed by atoms with Crippen molar-refractivity contribution in [2.45, 2.75) is 45.2 Å². The van der Waals surface area contributed by atoms with Crippen LogP contribution in [0.3, 0.4) is 0 Å². The summed E-state index contributed by atoms with van der Waals surface area (Å²) in [5.74, 6) is -1.49. The first-order valence-electron chi connectivity index (χ1n) is 10.7. The molecule has 0 spiro atoms. The first-order chi connectivity index (χ1) is 16.1. The van der Waals surface area contributed by atoms with Crippen molar-refractivity contribution in [3.05, 3.63) is 58.6 Å². The van der Waals surface area contributed by atoms with Crippen LogP contribution in [-0.4, -0.2) is 30.9 Å². The number of carbonyl (C=O) groups excluding carboxylic acids is 3. The normalized spacial score (nSPS) is 11.1. The Morgan fingerprint density at radius 3 is 2.35 bits per heavy atom. The Morgan fingerprint density at radius 1 is 1.00 bits per heavy atom. The van der Waals surface area contributed by atoms with Gasteiger partial charge in [0.15, 0.2) is 12.4 Å². The summed E-state index contributed by atoms with van der Waals surface area (Å²) < 4.78 is 49.6. The molecule has 0 fully saturated rings. The van der Waals surface area contributed by atoms with Crippen LogP contribution in [0.25, 0.3) is 0 Å².